The summed E-state index contributed by atoms with van der Waals surface area (Å²) in [6.45, 7) is 0. The monoisotopic (exact) mass is 441 g/mol. The predicted octanol–water partition coefficient (Wildman–Crippen LogP) is 4.51. The molecule has 1 aromatic heterocycles. The van der Waals surface area contributed by atoms with E-state index in [0.29, 0.717) is 28.0 Å². The van der Waals surface area contributed by atoms with Crippen molar-refractivity contribution in [1.29, 1.82) is 0 Å². The Bertz CT molecular complexity index is 1460. The van der Waals surface area contributed by atoms with Gasteiger partial charge in [0.1, 0.15) is 0 Å². The molecule has 6 heteroatoms. The average molecular weight is 442 g/mol. The lowest BCUT2D eigenvalue weighted by atomic mass is 9.65. The number of hydrogen-bond donors (Lipinski definition) is 0. The van der Waals surface area contributed by atoms with Gasteiger partial charge in [-0.3, -0.25) is 9.59 Å². The summed E-state index contributed by atoms with van der Waals surface area (Å²) in [4.78, 5) is 26.8. The first-order valence-corrected chi connectivity index (χ1v) is 12.1. The molecule has 2 unspecified atom stereocenters. The van der Waals surface area contributed by atoms with E-state index in [4.69, 9.17) is 0 Å². The lowest BCUT2D eigenvalue weighted by Gasteiger charge is -2.37. The Labute approximate surface area is 185 Å². The highest BCUT2D eigenvalue weighted by Gasteiger charge is 2.46. The quantitative estimate of drug-likeness (QED) is 0.443. The van der Waals surface area contributed by atoms with Gasteiger partial charge in [0.25, 0.3) is 10.0 Å². The molecule has 0 fully saturated rings. The summed E-state index contributed by atoms with van der Waals surface area (Å²) in [7, 11) is -3.98. The van der Waals surface area contributed by atoms with Crippen LogP contribution < -0.4 is 0 Å². The lowest BCUT2D eigenvalue weighted by molar-refractivity contribution is -0.112. The average Bonchev–Trinajstić information content (AvgIpc) is 3.26. The van der Waals surface area contributed by atoms with Crippen molar-refractivity contribution in [3.05, 3.63) is 95.8 Å². The topological polar surface area (TPSA) is 73.2 Å². The van der Waals surface area contributed by atoms with Gasteiger partial charge in [0, 0.05) is 29.2 Å². The number of fused-ring (bicyclic) bond motifs is 2. The predicted molar refractivity (Wildman–Crippen MR) is 121 cm³/mol. The maximum atomic E-state index is 13.7. The minimum Gasteiger partial charge on any atom is -0.285 e. The highest BCUT2D eigenvalue weighted by Crippen LogP contribution is 2.51. The van der Waals surface area contributed by atoms with Gasteiger partial charge >= 0.3 is 0 Å². The number of ketones is 2. The Kier molecular flexibility index (Phi) is 4.04. The zero-order valence-corrected chi connectivity index (χ0v) is 17.9. The second-order valence-electron chi connectivity index (χ2n) is 8.41. The molecule has 2 bridgehead atoms. The second kappa shape index (κ2) is 6.74. The maximum Gasteiger partial charge on any atom is 0.268 e. The van der Waals surface area contributed by atoms with Crippen molar-refractivity contribution in [3.63, 3.8) is 0 Å². The molecule has 0 spiro atoms. The molecule has 3 aromatic rings. The highest BCUT2D eigenvalue weighted by atomic mass is 32.2. The fourth-order valence-electron chi connectivity index (χ4n) is 5.23. The Morgan fingerprint density at radius 2 is 1.34 bits per heavy atom. The first kappa shape index (κ1) is 19.2. The Hall–Kier alpha value is -3.51. The molecule has 0 radical (unpaired) electrons. The second-order valence-corrected chi connectivity index (χ2v) is 10.2. The third-order valence-electron chi connectivity index (χ3n) is 6.69. The van der Waals surface area contributed by atoms with Crippen LogP contribution in [-0.4, -0.2) is 24.0 Å². The van der Waals surface area contributed by atoms with E-state index in [1.54, 1.807) is 30.3 Å². The number of carbonyl (C=O) groups excluding carboxylic acids is 2. The summed E-state index contributed by atoms with van der Waals surface area (Å²) < 4.78 is 28.7. The third-order valence-corrected chi connectivity index (χ3v) is 8.36. The van der Waals surface area contributed by atoms with Crippen molar-refractivity contribution in [2.75, 3.05) is 0 Å². The number of carbonyl (C=O) groups is 2. The first-order valence-electron chi connectivity index (χ1n) is 10.6. The van der Waals surface area contributed by atoms with Crippen molar-refractivity contribution < 1.29 is 18.0 Å². The van der Waals surface area contributed by atoms with Crippen LogP contribution in [0.15, 0.2) is 89.5 Å². The van der Waals surface area contributed by atoms with Crippen LogP contribution >= 0.6 is 0 Å². The maximum absolute atomic E-state index is 13.7. The van der Waals surface area contributed by atoms with E-state index in [9.17, 15) is 18.0 Å². The Balaban J connectivity index is 1.72. The van der Waals surface area contributed by atoms with Crippen LogP contribution in [0.2, 0.25) is 0 Å². The van der Waals surface area contributed by atoms with Gasteiger partial charge in [0.15, 0.2) is 0 Å². The van der Waals surface area contributed by atoms with E-state index >= 15 is 0 Å². The van der Waals surface area contributed by atoms with Crippen LogP contribution in [0.5, 0.6) is 0 Å². The number of allylic oxidation sites excluding steroid dienone is 4. The van der Waals surface area contributed by atoms with E-state index < -0.39 is 21.6 Å². The fraction of sp³-hybridized carbons (Fsp3) is 0.154. The summed E-state index contributed by atoms with van der Waals surface area (Å²) in [6.07, 6.45) is 7.18. The van der Waals surface area contributed by atoms with Gasteiger partial charge < -0.3 is 0 Å². The fourth-order valence-corrected chi connectivity index (χ4v) is 6.63. The van der Waals surface area contributed by atoms with Crippen molar-refractivity contribution in [2.24, 2.45) is 11.8 Å². The van der Waals surface area contributed by atoms with E-state index in [1.807, 2.05) is 36.4 Å². The van der Waals surface area contributed by atoms with Gasteiger partial charge in [-0.2, -0.15) is 0 Å². The molecule has 2 aromatic carbocycles. The summed E-state index contributed by atoms with van der Waals surface area (Å²) >= 11 is 0. The zero-order chi connectivity index (χ0) is 22.0. The summed E-state index contributed by atoms with van der Waals surface area (Å²) in [6, 6.07) is 17.3. The minimum absolute atomic E-state index is 0.0750. The first-order chi connectivity index (χ1) is 15.5. The largest absolute Gasteiger partial charge is 0.285 e. The molecule has 4 aliphatic carbocycles. The van der Waals surface area contributed by atoms with Crippen molar-refractivity contribution in [1.82, 2.24) is 3.97 Å². The summed E-state index contributed by atoms with van der Waals surface area (Å²) in [5.41, 5.74) is 2.89. The van der Waals surface area contributed by atoms with Crippen LogP contribution in [0.3, 0.4) is 0 Å². The molecule has 158 valence electrons. The third kappa shape index (κ3) is 2.53. The number of hydrogen-bond acceptors (Lipinski definition) is 4. The molecular weight excluding hydrogens is 422 g/mol. The zero-order valence-electron chi connectivity index (χ0n) is 17.1. The minimum atomic E-state index is -3.98. The molecule has 7 rings (SSSR count). The van der Waals surface area contributed by atoms with Gasteiger partial charge in [-0.25, -0.2) is 12.4 Å². The molecule has 0 N–H and O–H groups in total. The van der Waals surface area contributed by atoms with Crippen molar-refractivity contribution in [3.8, 4) is 11.1 Å². The number of Topliss-reactive ketones (excluding diaryl/α,β-unsaturated/α-hetero) is 2. The smallest absolute Gasteiger partial charge is 0.268 e. The molecule has 5 nitrogen and oxygen atoms in total. The molecule has 4 aliphatic rings. The van der Waals surface area contributed by atoms with Gasteiger partial charge in [0.2, 0.25) is 11.6 Å². The molecule has 1 heterocycles. The van der Waals surface area contributed by atoms with Gasteiger partial charge in [-0.05, 0) is 36.1 Å². The van der Waals surface area contributed by atoms with E-state index in [2.05, 4.69) is 6.08 Å². The number of benzene rings is 2. The van der Waals surface area contributed by atoms with E-state index in [0.717, 1.165) is 12.8 Å². The highest BCUT2D eigenvalue weighted by molar-refractivity contribution is 7.90. The molecule has 0 amide bonds. The lowest BCUT2D eigenvalue weighted by Crippen LogP contribution is -2.35. The normalized spacial score (nSPS) is 21.6. The van der Waals surface area contributed by atoms with Crippen LogP contribution in [0.25, 0.3) is 16.7 Å². The Morgan fingerprint density at radius 1 is 0.750 bits per heavy atom. The molecular formula is C26H19NO4S. The Morgan fingerprint density at radius 3 is 1.97 bits per heavy atom. The van der Waals surface area contributed by atoms with Crippen molar-refractivity contribution in [2.45, 2.75) is 17.7 Å². The van der Waals surface area contributed by atoms with Gasteiger partial charge in [-0.15, -0.1) is 0 Å². The molecule has 2 atom stereocenters. The van der Waals surface area contributed by atoms with E-state index in [1.165, 1.54) is 10.2 Å². The van der Waals surface area contributed by atoms with Crippen LogP contribution in [0.1, 0.15) is 28.9 Å². The number of aromatic nitrogens is 1. The molecule has 0 saturated heterocycles. The summed E-state index contributed by atoms with van der Waals surface area (Å²) in [5, 5.41) is 0. The molecule has 0 saturated carbocycles. The van der Waals surface area contributed by atoms with Crippen molar-refractivity contribution >= 4 is 27.2 Å². The van der Waals surface area contributed by atoms with Crippen LogP contribution in [0.4, 0.5) is 0 Å². The number of rotatable bonds is 3. The molecule has 32 heavy (non-hydrogen) atoms. The van der Waals surface area contributed by atoms with Crippen LogP contribution in [-0.2, 0) is 14.8 Å². The standard InChI is InChI=1S/C26H19NO4S/c28-25-22-18-13-11-17(12-14-18)21(22)24-23(26(25)29)20(16-7-3-1-4-8-16)15-27(24)32(30,31)19-9-5-2-6-10-19/h1-11,13,15,17-18H,12,14H2. The van der Waals surface area contributed by atoms with E-state index in [-0.39, 0.29) is 22.3 Å². The SMILES string of the molecule is O=C1C(=O)c2c(-c3ccccc3)cn(S(=O)(=O)c3ccccc3)c2C2=C1C1C=CC2CC1. The summed E-state index contributed by atoms with van der Waals surface area (Å²) in [5.74, 6) is -1.34. The van der Waals surface area contributed by atoms with Gasteiger partial charge in [0.05, 0.1) is 16.2 Å². The molecule has 0 aliphatic heterocycles. The van der Waals surface area contributed by atoms with Gasteiger partial charge in [-0.1, -0.05) is 60.7 Å². The number of nitrogens with zero attached hydrogens (tertiary/aromatic N) is 1. The van der Waals surface area contributed by atoms with Crippen LogP contribution in [0, 0.1) is 11.8 Å².